The molecule has 1 aromatic carbocycles. The first-order valence-electron chi connectivity index (χ1n) is 6.26. The summed E-state index contributed by atoms with van der Waals surface area (Å²) in [5, 5.41) is 10.7. The molecule has 0 radical (unpaired) electrons. The standard InChI is InChI=1S/C16H16O2S2/c1-19-16-8-3-2-7-15(16)18-11-14-10-13(12-20-14)6-4-5-9-17/h2-3,7-8,10,12,17H,5,9,11H2,1H3. The van der Waals surface area contributed by atoms with Crippen molar-refractivity contribution in [2.45, 2.75) is 17.9 Å². The minimum Gasteiger partial charge on any atom is -0.487 e. The molecule has 4 heteroatoms. The van der Waals surface area contributed by atoms with E-state index >= 15 is 0 Å². The van der Waals surface area contributed by atoms with Crippen molar-refractivity contribution in [3.05, 3.63) is 46.2 Å². The van der Waals surface area contributed by atoms with Gasteiger partial charge < -0.3 is 9.84 Å². The fraction of sp³-hybridized carbons (Fsp3) is 0.250. The van der Waals surface area contributed by atoms with Gasteiger partial charge in [-0.05, 0) is 24.5 Å². The van der Waals surface area contributed by atoms with Crippen LogP contribution in [-0.4, -0.2) is 18.0 Å². The van der Waals surface area contributed by atoms with Crippen LogP contribution in [0.2, 0.25) is 0 Å². The SMILES string of the molecule is CSc1ccccc1OCc1cc(C#CCCO)cs1. The Balaban J connectivity index is 1.96. The molecule has 0 saturated heterocycles. The number of ether oxygens (including phenoxy) is 1. The van der Waals surface area contributed by atoms with E-state index in [1.807, 2.05) is 35.9 Å². The van der Waals surface area contributed by atoms with E-state index in [4.69, 9.17) is 9.84 Å². The van der Waals surface area contributed by atoms with Gasteiger partial charge in [-0.3, -0.25) is 0 Å². The van der Waals surface area contributed by atoms with Crippen LogP contribution in [0, 0.1) is 11.8 Å². The number of para-hydroxylation sites is 1. The molecule has 0 saturated carbocycles. The molecule has 1 aromatic heterocycles. The Hall–Kier alpha value is -1.41. The normalized spacial score (nSPS) is 9.90. The molecule has 0 aliphatic heterocycles. The van der Waals surface area contributed by atoms with E-state index in [1.54, 1.807) is 23.1 Å². The number of rotatable bonds is 5. The van der Waals surface area contributed by atoms with Crippen molar-refractivity contribution in [1.29, 1.82) is 0 Å². The zero-order valence-corrected chi connectivity index (χ0v) is 12.9. The van der Waals surface area contributed by atoms with E-state index in [0.29, 0.717) is 13.0 Å². The average Bonchev–Trinajstić information content (AvgIpc) is 2.93. The molecule has 0 aliphatic carbocycles. The van der Waals surface area contributed by atoms with Crippen LogP contribution >= 0.6 is 23.1 Å². The first-order chi connectivity index (χ1) is 9.83. The van der Waals surface area contributed by atoms with Crippen LogP contribution in [0.15, 0.2) is 40.6 Å². The highest BCUT2D eigenvalue weighted by atomic mass is 32.2. The first-order valence-corrected chi connectivity index (χ1v) is 8.37. The van der Waals surface area contributed by atoms with Crippen molar-refractivity contribution in [3.63, 3.8) is 0 Å². The Kier molecular flexibility index (Phi) is 6.00. The van der Waals surface area contributed by atoms with Gasteiger partial charge in [-0.15, -0.1) is 23.1 Å². The molecule has 0 unspecified atom stereocenters. The Bertz CT molecular complexity index is 608. The van der Waals surface area contributed by atoms with Gasteiger partial charge in [-0.2, -0.15) is 0 Å². The predicted molar refractivity (Wildman–Crippen MR) is 85.5 cm³/mol. The smallest absolute Gasteiger partial charge is 0.133 e. The fourth-order valence-corrected chi connectivity index (χ4v) is 2.90. The Labute approximate surface area is 127 Å². The molecule has 0 amide bonds. The monoisotopic (exact) mass is 304 g/mol. The van der Waals surface area contributed by atoms with E-state index in [9.17, 15) is 0 Å². The highest BCUT2D eigenvalue weighted by molar-refractivity contribution is 7.98. The van der Waals surface area contributed by atoms with Crippen LogP contribution in [0.1, 0.15) is 16.9 Å². The maximum Gasteiger partial charge on any atom is 0.133 e. The summed E-state index contributed by atoms with van der Waals surface area (Å²) in [6.45, 7) is 0.669. The predicted octanol–water partition coefficient (Wildman–Crippen LogP) is 3.78. The number of thioether (sulfide) groups is 1. The van der Waals surface area contributed by atoms with Gasteiger partial charge in [0.1, 0.15) is 12.4 Å². The third-order valence-corrected chi connectivity index (χ3v) is 4.25. The van der Waals surface area contributed by atoms with Crippen molar-refractivity contribution in [2.75, 3.05) is 12.9 Å². The van der Waals surface area contributed by atoms with Gasteiger partial charge in [0.05, 0.1) is 6.61 Å². The maximum atomic E-state index is 8.69. The highest BCUT2D eigenvalue weighted by Gasteiger charge is 2.03. The molecule has 1 heterocycles. The lowest BCUT2D eigenvalue weighted by atomic mass is 10.3. The van der Waals surface area contributed by atoms with E-state index in [0.717, 1.165) is 21.1 Å². The molecule has 0 atom stereocenters. The summed E-state index contributed by atoms with van der Waals surface area (Å²) in [6, 6.07) is 10.1. The van der Waals surface area contributed by atoms with Crippen molar-refractivity contribution in [2.24, 2.45) is 0 Å². The Morgan fingerprint density at radius 2 is 2.20 bits per heavy atom. The van der Waals surface area contributed by atoms with Crippen LogP contribution in [-0.2, 0) is 6.61 Å². The van der Waals surface area contributed by atoms with Crippen molar-refractivity contribution in [3.8, 4) is 17.6 Å². The zero-order valence-electron chi connectivity index (χ0n) is 11.3. The van der Waals surface area contributed by atoms with Crippen molar-refractivity contribution >= 4 is 23.1 Å². The van der Waals surface area contributed by atoms with Gasteiger partial charge in [0.2, 0.25) is 0 Å². The molecule has 2 rings (SSSR count). The lowest BCUT2D eigenvalue weighted by Crippen LogP contribution is -1.94. The minimum absolute atomic E-state index is 0.110. The van der Waals surface area contributed by atoms with Crippen LogP contribution in [0.4, 0.5) is 0 Å². The average molecular weight is 304 g/mol. The third-order valence-electron chi connectivity index (χ3n) is 2.56. The molecule has 0 aliphatic rings. The van der Waals surface area contributed by atoms with Crippen LogP contribution in [0.25, 0.3) is 0 Å². The molecule has 2 aromatic rings. The summed E-state index contributed by atoms with van der Waals surface area (Å²) in [5.74, 6) is 6.86. The number of aliphatic hydroxyl groups excluding tert-OH is 1. The second kappa shape index (κ2) is 8.01. The maximum absolute atomic E-state index is 8.69. The molecular weight excluding hydrogens is 288 g/mol. The molecular formula is C16H16O2S2. The zero-order chi connectivity index (χ0) is 14.2. The van der Waals surface area contributed by atoms with Gasteiger partial charge in [-0.25, -0.2) is 0 Å². The van der Waals surface area contributed by atoms with Crippen LogP contribution in [0.5, 0.6) is 5.75 Å². The summed E-state index contributed by atoms with van der Waals surface area (Å²) in [7, 11) is 0. The summed E-state index contributed by atoms with van der Waals surface area (Å²) >= 11 is 3.33. The summed E-state index contributed by atoms with van der Waals surface area (Å²) in [5.41, 5.74) is 0.986. The molecule has 104 valence electrons. The lowest BCUT2D eigenvalue weighted by molar-refractivity contribution is 0.302. The largest absolute Gasteiger partial charge is 0.487 e. The summed E-state index contributed by atoms with van der Waals surface area (Å²) < 4.78 is 5.85. The minimum atomic E-state index is 0.110. The lowest BCUT2D eigenvalue weighted by Gasteiger charge is -2.08. The second-order valence-corrected chi connectivity index (χ2v) is 5.86. The number of benzene rings is 1. The first kappa shape index (κ1) is 15.0. The van der Waals surface area contributed by atoms with Gasteiger partial charge in [0.25, 0.3) is 0 Å². The van der Waals surface area contributed by atoms with Gasteiger partial charge in [-0.1, -0.05) is 24.0 Å². The quantitative estimate of drug-likeness (QED) is 0.673. The summed E-state index contributed by atoms with van der Waals surface area (Å²) in [6.07, 6.45) is 2.56. The summed E-state index contributed by atoms with van der Waals surface area (Å²) in [4.78, 5) is 2.29. The van der Waals surface area contributed by atoms with Crippen molar-refractivity contribution < 1.29 is 9.84 Å². The molecule has 1 N–H and O–H groups in total. The van der Waals surface area contributed by atoms with E-state index < -0.39 is 0 Å². The van der Waals surface area contributed by atoms with E-state index in [1.165, 1.54) is 0 Å². The Morgan fingerprint density at radius 3 is 3.00 bits per heavy atom. The van der Waals surface area contributed by atoms with Gasteiger partial charge in [0.15, 0.2) is 0 Å². The third kappa shape index (κ3) is 4.31. The topological polar surface area (TPSA) is 29.5 Å². The second-order valence-electron chi connectivity index (χ2n) is 4.02. The van der Waals surface area contributed by atoms with Crippen molar-refractivity contribution in [1.82, 2.24) is 0 Å². The van der Waals surface area contributed by atoms with Gasteiger partial charge in [0, 0.05) is 27.1 Å². The molecule has 0 fully saturated rings. The highest BCUT2D eigenvalue weighted by Crippen LogP contribution is 2.28. The number of aliphatic hydroxyl groups is 1. The molecule has 2 nitrogen and oxygen atoms in total. The molecule has 0 bridgehead atoms. The van der Waals surface area contributed by atoms with Crippen LogP contribution in [0.3, 0.4) is 0 Å². The van der Waals surface area contributed by atoms with E-state index in [-0.39, 0.29) is 6.61 Å². The van der Waals surface area contributed by atoms with Gasteiger partial charge >= 0.3 is 0 Å². The Morgan fingerprint density at radius 1 is 1.35 bits per heavy atom. The number of thiophene rings is 1. The van der Waals surface area contributed by atoms with E-state index in [2.05, 4.69) is 17.9 Å². The number of hydrogen-bond acceptors (Lipinski definition) is 4. The molecule has 20 heavy (non-hydrogen) atoms. The molecule has 0 spiro atoms. The fourth-order valence-electron chi connectivity index (χ4n) is 1.63. The van der Waals surface area contributed by atoms with Crippen LogP contribution < -0.4 is 4.74 Å². The number of hydrogen-bond donors (Lipinski definition) is 1.